The SMILES string of the molecule is CC(C)NCC1(CN2CCCC2C)CCOC1. The Labute approximate surface area is 106 Å². The van der Waals surface area contributed by atoms with Crippen LogP contribution in [0.5, 0.6) is 0 Å². The maximum atomic E-state index is 5.67. The third-order valence-electron chi connectivity index (χ3n) is 4.30. The third-order valence-corrected chi connectivity index (χ3v) is 4.30. The van der Waals surface area contributed by atoms with Crippen molar-refractivity contribution in [3.63, 3.8) is 0 Å². The second kappa shape index (κ2) is 5.68. The topological polar surface area (TPSA) is 24.5 Å². The van der Waals surface area contributed by atoms with Gasteiger partial charge in [0.05, 0.1) is 6.61 Å². The highest BCUT2D eigenvalue weighted by Gasteiger charge is 2.38. The van der Waals surface area contributed by atoms with E-state index in [1.807, 2.05) is 0 Å². The molecule has 2 saturated heterocycles. The van der Waals surface area contributed by atoms with Gasteiger partial charge in [0.2, 0.25) is 0 Å². The summed E-state index contributed by atoms with van der Waals surface area (Å²) >= 11 is 0. The van der Waals surface area contributed by atoms with E-state index >= 15 is 0 Å². The fourth-order valence-corrected chi connectivity index (χ4v) is 3.05. The lowest BCUT2D eigenvalue weighted by atomic mass is 9.86. The summed E-state index contributed by atoms with van der Waals surface area (Å²) in [5.74, 6) is 0. The molecule has 1 N–H and O–H groups in total. The van der Waals surface area contributed by atoms with Crippen LogP contribution in [0.1, 0.15) is 40.0 Å². The van der Waals surface area contributed by atoms with Crippen molar-refractivity contribution in [2.24, 2.45) is 5.41 Å². The summed E-state index contributed by atoms with van der Waals surface area (Å²) in [5.41, 5.74) is 0.364. The van der Waals surface area contributed by atoms with Gasteiger partial charge in [-0.1, -0.05) is 13.8 Å². The van der Waals surface area contributed by atoms with Crippen LogP contribution >= 0.6 is 0 Å². The Hall–Kier alpha value is -0.120. The van der Waals surface area contributed by atoms with Crippen molar-refractivity contribution in [1.29, 1.82) is 0 Å². The Bertz CT molecular complexity index is 236. The van der Waals surface area contributed by atoms with Crippen LogP contribution in [-0.2, 0) is 4.74 Å². The summed E-state index contributed by atoms with van der Waals surface area (Å²) in [6, 6.07) is 1.34. The van der Waals surface area contributed by atoms with E-state index < -0.39 is 0 Å². The number of ether oxygens (including phenoxy) is 1. The van der Waals surface area contributed by atoms with Gasteiger partial charge in [0, 0.05) is 37.2 Å². The van der Waals surface area contributed by atoms with Gasteiger partial charge < -0.3 is 10.1 Å². The van der Waals surface area contributed by atoms with E-state index in [0.717, 1.165) is 25.8 Å². The Kier molecular flexibility index (Phi) is 4.45. The van der Waals surface area contributed by atoms with Crippen molar-refractivity contribution >= 4 is 0 Å². The molecule has 0 aromatic rings. The van der Waals surface area contributed by atoms with E-state index in [-0.39, 0.29) is 0 Å². The molecule has 2 heterocycles. The minimum Gasteiger partial charge on any atom is -0.381 e. The average molecular weight is 240 g/mol. The highest BCUT2D eigenvalue weighted by Crippen LogP contribution is 2.32. The molecule has 2 unspecified atom stereocenters. The second-order valence-electron chi connectivity index (χ2n) is 6.30. The summed E-state index contributed by atoms with van der Waals surface area (Å²) in [6.07, 6.45) is 3.96. The first-order valence-corrected chi connectivity index (χ1v) is 7.16. The molecule has 0 saturated carbocycles. The van der Waals surface area contributed by atoms with Gasteiger partial charge in [-0.25, -0.2) is 0 Å². The van der Waals surface area contributed by atoms with Gasteiger partial charge in [0.1, 0.15) is 0 Å². The summed E-state index contributed by atoms with van der Waals surface area (Å²) in [6.45, 7) is 12.3. The van der Waals surface area contributed by atoms with E-state index in [1.165, 1.54) is 32.4 Å². The van der Waals surface area contributed by atoms with Crippen molar-refractivity contribution in [3.8, 4) is 0 Å². The molecule has 2 aliphatic heterocycles. The zero-order valence-electron chi connectivity index (χ0n) is 11.7. The Morgan fingerprint density at radius 3 is 2.82 bits per heavy atom. The van der Waals surface area contributed by atoms with Crippen LogP contribution in [0.3, 0.4) is 0 Å². The van der Waals surface area contributed by atoms with Crippen molar-refractivity contribution in [3.05, 3.63) is 0 Å². The minimum atomic E-state index is 0.364. The fraction of sp³-hybridized carbons (Fsp3) is 1.00. The smallest absolute Gasteiger partial charge is 0.0547 e. The first-order valence-electron chi connectivity index (χ1n) is 7.16. The van der Waals surface area contributed by atoms with E-state index in [1.54, 1.807) is 0 Å². The van der Waals surface area contributed by atoms with Crippen molar-refractivity contribution < 1.29 is 4.74 Å². The molecule has 0 radical (unpaired) electrons. The molecular formula is C14H28N2O. The zero-order chi connectivity index (χ0) is 12.3. The van der Waals surface area contributed by atoms with Crippen molar-refractivity contribution in [2.45, 2.75) is 52.1 Å². The molecule has 2 aliphatic rings. The van der Waals surface area contributed by atoms with Gasteiger partial charge >= 0.3 is 0 Å². The predicted molar refractivity (Wildman–Crippen MR) is 71.3 cm³/mol. The second-order valence-corrected chi connectivity index (χ2v) is 6.30. The lowest BCUT2D eigenvalue weighted by molar-refractivity contribution is 0.104. The average Bonchev–Trinajstić information content (AvgIpc) is 2.88. The van der Waals surface area contributed by atoms with E-state index in [9.17, 15) is 0 Å². The van der Waals surface area contributed by atoms with Crippen LogP contribution in [0.25, 0.3) is 0 Å². The van der Waals surface area contributed by atoms with Crippen LogP contribution in [0.15, 0.2) is 0 Å². The van der Waals surface area contributed by atoms with Gasteiger partial charge in [-0.15, -0.1) is 0 Å². The monoisotopic (exact) mass is 240 g/mol. The molecule has 100 valence electrons. The summed E-state index contributed by atoms with van der Waals surface area (Å²) in [5, 5.41) is 3.61. The molecule has 17 heavy (non-hydrogen) atoms. The first-order chi connectivity index (χ1) is 8.11. The predicted octanol–water partition coefficient (Wildman–Crippen LogP) is 1.88. The zero-order valence-corrected chi connectivity index (χ0v) is 11.7. The van der Waals surface area contributed by atoms with Crippen molar-refractivity contribution in [1.82, 2.24) is 10.2 Å². The summed E-state index contributed by atoms with van der Waals surface area (Å²) < 4.78 is 5.67. The molecule has 0 spiro atoms. The minimum absolute atomic E-state index is 0.364. The van der Waals surface area contributed by atoms with Crippen LogP contribution < -0.4 is 5.32 Å². The first kappa shape index (κ1) is 13.3. The van der Waals surface area contributed by atoms with Gasteiger partial charge in [0.15, 0.2) is 0 Å². The molecule has 3 nitrogen and oxygen atoms in total. The molecule has 2 rings (SSSR count). The number of rotatable bonds is 5. The molecule has 0 aromatic heterocycles. The van der Waals surface area contributed by atoms with Crippen molar-refractivity contribution in [2.75, 3.05) is 32.8 Å². The molecule has 0 aromatic carbocycles. The summed E-state index contributed by atoms with van der Waals surface area (Å²) in [4.78, 5) is 2.66. The molecule has 0 bridgehead atoms. The molecule has 0 aliphatic carbocycles. The maximum Gasteiger partial charge on any atom is 0.0547 e. The number of nitrogens with one attached hydrogen (secondary N) is 1. The van der Waals surface area contributed by atoms with Gasteiger partial charge in [-0.2, -0.15) is 0 Å². The Morgan fingerprint density at radius 1 is 1.47 bits per heavy atom. The molecule has 3 heteroatoms. The number of nitrogens with zero attached hydrogens (tertiary/aromatic N) is 1. The number of hydrogen-bond donors (Lipinski definition) is 1. The van der Waals surface area contributed by atoms with E-state index in [4.69, 9.17) is 4.74 Å². The standard InChI is InChI=1S/C14H28N2O/c1-12(2)15-9-14(6-8-17-11-14)10-16-7-4-5-13(16)3/h12-13,15H,4-11H2,1-3H3. The third kappa shape index (κ3) is 3.43. The van der Waals surface area contributed by atoms with E-state index in [0.29, 0.717) is 11.5 Å². The lowest BCUT2D eigenvalue weighted by Crippen LogP contribution is -2.47. The lowest BCUT2D eigenvalue weighted by Gasteiger charge is -2.35. The Morgan fingerprint density at radius 2 is 2.29 bits per heavy atom. The van der Waals surface area contributed by atoms with Crippen LogP contribution in [0.4, 0.5) is 0 Å². The van der Waals surface area contributed by atoms with Gasteiger partial charge in [-0.05, 0) is 32.7 Å². The molecule has 2 atom stereocenters. The van der Waals surface area contributed by atoms with Crippen LogP contribution in [0.2, 0.25) is 0 Å². The maximum absolute atomic E-state index is 5.67. The highest BCUT2D eigenvalue weighted by atomic mass is 16.5. The normalized spacial score (nSPS) is 34.9. The molecule has 0 amide bonds. The van der Waals surface area contributed by atoms with Gasteiger partial charge in [-0.3, -0.25) is 4.90 Å². The molecule has 2 fully saturated rings. The number of likely N-dealkylation sites (tertiary alicyclic amines) is 1. The number of hydrogen-bond acceptors (Lipinski definition) is 3. The fourth-order valence-electron chi connectivity index (χ4n) is 3.05. The largest absolute Gasteiger partial charge is 0.381 e. The molecular weight excluding hydrogens is 212 g/mol. The summed E-state index contributed by atoms with van der Waals surface area (Å²) in [7, 11) is 0. The van der Waals surface area contributed by atoms with Crippen LogP contribution in [0, 0.1) is 5.41 Å². The van der Waals surface area contributed by atoms with Gasteiger partial charge in [0.25, 0.3) is 0 Å². The Balaban J connectivity index is 1.91. The quantitative estimate of drug-likeness (QED) is 0.794. The van der Waals surface area contributed by atoms with Crippen LogP contribution in [-0.4, -0.2) is 49.8 Å². The highest BCUT2D eigenvalue weighted by molar-refractivity contribution is 4.91. The van der Waals surface area contributed by atoms with E-state index in [2.05, 4.69) is 31.0 Å².